The van der Waals surface area contributed by atoms with E-state index < -0.39 is 16.4 Å². The van der Waals surface area contributed by atoms with Gasteiger partial charge < -0.3 is 4.74 Å². The molecule has 1 aromatic carbocycles. The Morgan fingerprint density at radius 2 is 1.78 bits per heavy atom. The lowest BCUT2D eigenvalue weighted by atomic mass is 10.0. The van der Waals surface area contributed by atoms with E-state index in [1.54, 1.807) is 23.0 Å². The number of pyridine rings is 1. The number of hydrogen-bond donors (Lipinski definition) is 0. The maximum Gasteiger partial charge on any atom is 0.387 e. The van der Waals surface area contributed by atoms with Crippen molar-refractivity contribution < 1.29 is 21.9 Å². The summed E-state index contributed by atoms with van der Waals surface area (Å²) >= 11 is 0. The monoisotopic (exact) mass is 529 g/mol. The average Bonchev–Trinajstić information content (AvgIpc) is 3.45. The van der Waals surface area contributed by atoms with Crippen LogP contribution in [-0.2, 0) is 23.3 Å². The van der Waals surface area contributed by atoms with Crippen LogP contribution >= 0.6 is 0 Å². The molecule has 0 saturated carbocycles. The number of benzene rings is 1. The van der Waals surface area contributed by atoms with Gasteiger partial charge in [0.15, 0.2) is 9.84 Å². The Labute approximate surface area is 214 Å². The molecule has 0 radical (unpaired) electrons. The zero-order chi connectivity index (χ0) is 26.2. The molecule has 0 aliphatic carbocycles. The van der Waals surface area contributed by atoms with Gasteiger partial charge in [0.1, 0.15) is 11.4 Å². The highest BCUT2D eigenvalue weighted by Gasteiger charge is 2.25. The van der Waals surface area contributed by atoms with Gasteiger partial charge in [-0.3, -0.25) is 14.1 Å². The molecule has 5 rings (SSSR count). The summed E-state index contributed by atoms with van der Waals surface area (Å²) in [5.74, 6) is 0.542. The Morgan fingerprint density at radius 1 is 1.05 bits per heavy atom. The van der Waals surface area contributed by atoms with Crippen LogP contribution < -0.4 is 4.74 Å². The first-order chi connectivity index (χ1) is 17.7. The lowest BCUT2D eigenvalue weighted by Crippen LogP contribution is -2.45. The number of nitrogens with zero attached hydrogens (tertiary/aromatic N) is 5. The Hall–Kier alpha value is -3.31. The van der Waals surface area contributed by atoms with Crippen molar-refractivity contribution in [2.45, 2.75) is 32.4 Å². The van der Waals surface area contributed by atoms with Gasteiger partial charge in [0, 0.05) is 49.5 Å². The summed E-state index contributed by atoms with van der Waals surface area (Å²) in [5.41, 5.74) is 4.32. The minimum atomic E-state index is -2.91. The summed E-state index contributed by atoms with van der Waals surface area (Å²) < 4.78 is 56.8. The molecule has 1 fully saturated rings. The summed E-state index contributed by atoms with van der Waals surface area (Å²) in [6.45, 7) is 0.433. The third-order valence-corrected chi connectivity index (χ3v) is 8.52. The van der Waals surface area contributed by atoms with Crippen LogP contribution in [0.2, 0.25) is 0 Å². The molecule has 3 aromatic heterocycles. The molecule has 1 unspecified atom stereocenters. The molecule has 0 spiro atoms. The first-order valence-corrected chi connectivity index (χ1v) is 14.0. The average molecular weight is 530 g/mol. The smallest absolute Gasteiger partial charge is 0.387 e. The van der Waals surface area contributed by atoms with E-state index in [-0.39, 0.29) is 23.3 Å². The molecule has 4 heterocycles. The fourth-order valence-electron chi connectivity index (χ4n) is 4.78. The van der Waals surface area contributed by atoms with Crippen LogP contribution in [0.1, 0.15) is 18.9 Å². The fraction of sp³-hybridized carbons (Fsp3) is 0.385. The first-order valence-electron chi connectivity index (χ1n) is 12.2. The number of rotatable bonds is 8. The van der Waals surface area contributed by atoms with Crippen molar-refractivity contribution in [3.8, 4) is 22.7 Å². The molecule has 0 bridgehead atoms. The lowest BCUT2D eigenvalue weighted by Gasteiger charge is -2.32. The van der Waals surface area contributed by atoms with Crippen LogP contribution in [0.3, 0.4) is 0 Å². The zero-order valence-electron chi connectivity index (χ0n) is 20.7. The van der Waals surface area contributed by atoms with Crippen LogP contribution in [0.25, 0.3) is 28.0 Å². The lowest BCUT2D eigenvalue weighted by molar-refractivity contribution is -0.0498. The molecule has 1 aliphatic rings. The van der Waals surface area contributed by atoms with Crippen molar-refractivity contribution in [2.75, 3.05) is 24.6 Å². The van der Waals surface area contributed by atoms with E-state index in [1.165, 1.54) is 12.1 Å². The van der Waals surface area contributed by atoms with Gasteiger partial charge >= 0.3 is 6.61 Å². The second-order valence-electron chi connectivity index (χ2n) is 9.44. The maximum atomic E-state index is 12.5. The van der Waals surface area contributed by atoms with Gasteiger partial charge in [0.2, 0.25) is 0 Å². The summed E-state index contributed by atoms with van der Waals surface area (Å²) in [6, 6.07) is 10.7. The van der Waals surface area contributed by atoms with Gasteiger partial charge in [0.05, 0.1) is 29.1 Å². The van der Waals surface area contributed by atoms with E-state index in [4.69, 9.17) is 4.98 Å². The van der Waals surface area contributed by atoms with Crippen molar-refractivity contribution >= 4 is 20.9 Å². The van der Waals surface area contributed by atoms with Crippen LogP contribution in [0, 0.1) is 0 Å². The van der Waals surface area contributed by atoms with Crippen molar-refractivity contribution in [3.63, 3.8) is 0 Å². The van der Waals surface area contributed by atoms with Crippen molar-refractivity contribution in [1.29, 1.82) is 0 Å². The van der Waals surface area contributed by atoms with E-state index in [1.807, 2.05) is 29.9 Å². The third kappa shape index (κ3) is 5.67. The van der Waals surface area contributed by atoms with Crippen LogP contribution in [0.4, 0.5) is 8.78 Å². The molecule has 4 aromatic rings. The normalized spacial score (nSPS) is 16.9. The molecule has 1 saturated heterocycles. The predicted molar refractivity (Wildman–Crippen MR) is 138 cm³/mol. The van der Waals surface area contributed by atoms with Gasteiger partial charge in [-0.2, -0.15) is 13.9 Å². The quantitative estimate of drug-likeness (QED) is 0.342. The topological polar surface area (TPSA) is 82.2 Å². The SMILES string of the molecule is CC(CCc1cn(-c2cnn(C)c2)c2nc(-c3ccc(OC(F)F)cc3)ccc12)N1CCS(=O)(=O)CC1. The Morgan fingerprint density at radius 3 is 2.43 bits per heavy atom. The second kappa shape index (κ2) is 10.2. The number of aromatic nitrogens is 4. The number of hydrogen-bond acceptors (Lipinski definition) is 6. The standard InChI is InChI=1S/C26H29F2N5O3S/c1-18(32-11-13-37(34,35)14-12-32)3-4-20-16-33(21-15-29-31(2)17-21)25-23(20)9-10-24(30-25)19-5-7-22(8-6-19)36-26(27)28/h5-10,15-18,26H,3-4,11-14H2,1-2H3. The number of alkyl halides is 2. The Kier molecular flexibility index (Phi) is 7.00. The molecule has 1 atom stereocenters. The number of sulfone groups is 1. The molecule has 0 amide bonds. The van der Waals surface area contributed by atoms with E-state index in [9.17, 15) is 17.2 Å². The molecule has 11 heteroatoms. The van der Waals surface area contributed by atoms with Crippen LogP contribution in [0.5, 0.6) is 5.75 Å². The van der Waals surface area contributed by atoms with Crippen molar-refractivity contribution in [1.82, 2.24) is 24.2 Å². The zero-order valence-corrected chi connectivity index (χ0v) is 21.5. The highest BCUT2D eigenvalue weighted by Crippen LogP contribution is 2.29. The molecule has 0 N–H and O–H groups in total. The van der Waals surface area contributed by atoms with Gasteiger partial charge in [0.25, 0.3) is 0 Å². The van der Waals surface area contributed by atoms with Gasteiger partial charge in [-0.25, -0.2) is 13.4 Å². The minimum Gasteiger partial charge on any atom is -0.435 e. The molecule has 37 heavy (non-hydrogen) atoms. The summed E-state index contributed by atoms with van der Waals surface area (Å²) in [5, 5.41) is 5.33. The van der Waals surface area contributed by atoms with Gasteiger partial charge in [-0.05, 0) is 61.7 Å². The highest BCUT2D eigenvalue weighted by atomic mass is 32.2. The summed E-state index contributed by atoms with van der Waals surface area (Å²) in [7, 11) is -1.05. The fourth-order valence-corrected chi connectivity index (χ4v) is 6.01. The number of ether oxygens (including phenoxy) is 1. The number of halogens is 2. The minimum absolute atomic E-state index is 0.0984. The van der Waals surface area contributed by atoms with E-state index in [2.05, 4.69) is 27.9 Å². The third-order valence-electron chi connectivity index (χ3n) is 6.91. The van der Waals surface area contributed by atoms with Crippen molar-refractivity contribution in [2.24, 2.45) is 7.05 Å². The summed E-state index contributed by atoms with van der Waals surface area (Å²) in [4.78, 5) is 7.18. The molecule has 1 aliphatic heterocycles. The molecular formula is C26H29F2N5O3S. The highest BCUT2D eigenvalue weighted by molar-refractivity contribution is 7.91. The van der Waals surface area contributed by atoms with E-state index in [0.717, 1.165) is 40.7 Å². The number of aryl methyl sites for hydroxylation is 2. The largest absolute Gasteiger partial charge is 0.435 e. The molecule has 196 valence electrons. The van der Waals surface area contributed by atoms with Crippen LogP contribution in [0.15, 0.2) is 55.0 Å². The Balaban J connectivity index is 1.43. The summed E-state index contributed by atoms with van der Waals surface area (Å²) in [6.07, 6.45) is 7.50. The van der Waals surface area contributed by atoms with Crippen LogP contribution in [-0.4, -0.2) is 69.9 Å². The van der Waals surface area contributed by atoms with Gasteiger partial charge in [-0.1, -0.05) is 0 Å². The maximum absolute atomic E-state index is 12.5. The predicted octanol–water partition coefficient (Wildman–Crippen LogP) is 4.08. The second-order valence-corrected chi connectivity index (χ2v) is 11.7. The number of fused-ring (bicyclic) bond motifs is 1. The van der Waals surface area contributed by atoms with Gasteiger partial charge in [-0.15, -0.1) is 0 Å². The van der Waals surface area contributed by atoms with E-state index >= 15 is 0 Å². The molecule has 8 nitrogen and oxygen atoms in total. The van der Waals surface area contributed by atoms with Crippen molar-refractivity contribution in [3.05, 3.63) is 60.6 Å². The Bertz CT molecular complexity index is 1480. The first kappa shape index (κ1) is 25.3. The van der Waals surface area contributed by atoms with E-state index in [0.29, 0.717) is 18.8 Å². The molecular weight excluding hydrogens is 500 g/mol.